The number of fused-ring (bicyclic) bond motifs is 8. The molecule has 0 saturated heterocycles. The van der Waals surface area contributed by atoms with Gasteiger partial charge in [-0.2, -0.15) is 0 Å². The van der Waals surface area contributed by atoms with Gasteiger partial charge in [-0.1, -0.05) is 128 Å². The summed E-state index contributed by atoms with van der Waals surface area (Å²) in [5.41, 5.74) is 13.8. The van der Waals surface area contributed by atoms with Gasteiger partial charge in [0.15, 0.2) is 0 Å². The molecular formula is C63H85MgN5O6+2. The molecule has 3 aliphatic rings. The number of ether oxygens (including phenoxy) is 3. The number of benzene rings is 1. The van der Waals surface area contributed by atoms with E-state index in [9.17, 15) is 14.4 Å². The minimum absolute atomic E-state index is 0. The molecule has 75 heavy (non-hydrogen) atoms. The number of aromatic amines is 2. The second kappa shape index (κ2) is 28.6. The number of methoxy groups -OCH3 is 2. The number of hydrogen-bond acceptors (Lipinski definition) is 6. The Kier molecular flexibility index (Phi) is 23.0. The minimum Gasteiger partial charge on any atom is -0.664 e. The van der Waals surface area contributed by atoms with Gasteiger partial charge >= 0.3 is 35.0 Å². The fraction of sp³-hybridized carbons (Fsp3) is 0.508. The summed E-state index contributed by atoms with van der Waals surface area (Å²) in [5.74, 6) is 1.40. The Bertz CT molecular complexity index is 2810. The van der Waals surface area contributed by atoms with Crippen LogP contribution in [0.2, 0.25) is 0 Å². The fourth-order valence-electron chi connectivity index (χ4n) is 10.8. The average Bonchev–Trinajstić information content (AvgIpc) is 4.06. The maximum atomic E-state index is 14.7. The number of rotatable bonds is 25. The Morgan fingerprint density at radius 1 is 0.800 bits per heavy atom. The van der Waals surface area contributed by atoms with E-state index in [0.29, 0.717) is 46.1 Å². The smallest absolute Gasteiger partial charge is 0.664 e. The Labute approximate surface area is 464 Å². The van der Waals surface area contributed by atoms with Crippen LogP contribution in [-0.2, 0) is 43.2 Å². The summed E-state index contributed by atoms with van der Waals surface area (Å²) < 4.78 is 16.6. The van der Waals surface area contributed by atoms with E-state index in [1.54, 1.807) is 7.11 Å². The standard InChI is InChI=1S/C63H84N5O6.Mg/c1-14-48-42(8)52-34-54-44(10)50(29-30-58(69)74-32-31-41(7)24-18-23-40(6)22-17-21-39(5)20-16-19-38(3)4)61(67-54)51(33-59(70)73-13)62-60(63(71)64-37-46-25-27-47(72-12)28-26-46)45(11)55(68-62)36-57-49(15-2)43(9)53(66-57)35-56(48)65-52;/h14,25-28,31,34-36,38-40,44,50H,1,15-24,29-30,32-33,37H2,2-13H3,(H2-,64,65,66,67,68,71);/q-1;+2/p+1/b41-31+;. The Morgan fingerprint density at radius 2 is 1.45 bits per heavy atom. The molecule has 8 bridgehead atoms. The van der Waals surface area contributed by atoms with E-state index in [1.807, 2.05) is 49.4 Å². The van der Waals surface area contributed by atoms with Crippen molar-refractivity contribution in [3.63, 3.8) is 0 Å². The van der Waals surface area contributed by atoms with Crippen molar-refractivity contribution in [2.75, 3.05) is 20.8 Å². The Balaban J connectivity index is 0.0000104. The van der Waals surface area contributed by atoms with Crippen LogP contribution in [0.4, 0.5) is 0 Å². The predicted molar refractivity (Wildman–Crippen MR) is 303 cm³/mol. The molecule has 4 atom stereocenters. The number of allylic oxidation sites excluding steroid dienone is 5. The van der Waals surface area contributed by atoms with Crippen molar-refractivity contribution >= 4 is 74.2 Å². The summed E-state index contributed by atoms with van der Waals surface area (Å²) in [6.07, 6.45) is 16.2. The van der Waals surface area contributed by atoms with E-state index in [2.05, 4.69) is 96.3 Å². The normalized spacial score (nSPS) is 15.8. The third kappa shape index (κ3) is 15.8. The van der Waals surface area contributed by atoms with Crippen LogP contribution in [0.25, 0.3) is 33.3 Å². The van der Waals surface area contributed by atoms with Gasteiger partial charge in [0.05, 0.1) is 26.2 Å². The van der Waals surface area contributed by atoms with Crippen LogP contribution in [0.15, 0.2) is 66.8 Å². The van der Waals surface area contributed by atoms with Crippen molar-refractivity contribution in [1.82, 2.24) is 15.3 Å². The van der Waals surface area contributed by atoms with Gasteiger partial charge in [0.2, 0.25) is 22.8 Å². The molecule has 3 aliphatic heterocycles. The third-order valence-electron chi connectivity index (χ3n) is 15.6. The molecule has 398 valence electrons. The van der Waals surface area contributed by atoms with E-state index < -0.39 is 5.97 Å². The topological polar surface area (TPSA) is 147 Å². The molecule has 6 rings (SSSR count). The number of nitrogens with zero attached hydrogens (tertiary/aromatic N) is 2. The van der Waals surface area contributed by atoms with Gasteiger partial charge < -0.3 is 29.5 Å². The fourth-order valence-corrected chi connectivity index (χ4v) is 10.8. The molecule has 0 radical (unpaired) electrons. The second-order valence-electron chi connectivity index (χ2n) is 21.6. The first-order valence-corrected chi connectivity index (χ1v) is 27.4. The van der Waals surface area contributed by atoms with E-state index >= 15 is 0 Å². The summed E-state index contributed by atoms with van der Waals surface area (Å²) in [4.78, 5) is 59.9. The van der Waals surface area contributed by atoms with Gasteiger partial charge in [0.25, 0.3) is 5.91 Å². The number of aromatic nitrogens is 4. The number of esters is 2. The first-order valence-electron chi connectivity index (χ1n) is 27.4. The number of H-pyrrole nitrogens is 2. The van der Waals surface area contributed by atoms with E-state index in [4.69, 9.17) is 24.2 Å². The SMILES string of the molecule is C=CC1=C(C)c2cc3[n-]c(c(CC(=O)OC)c4[nH+]c(cc5[n-]c(cc1[nH+]2)c(C)c5CC)C(C)=C4C(=O)NCc1ccc(OC)cc1)C(CCC(=O)OC/C=C(\C)CCCC(C)CCCC(C)CCCC(C)C)C3C.[Mg+2]. The van der Waals surface area contributed by atoms with Crippen LogP contribution in [0, 0.1) is 24.7 Å². The van der Waals surface area contributed by atoms with Gasteiger partial charge in [-0.15, -0.1) is 22.4 Å². The van der Waals surface area contributed by atoms with Crippen molar-refractivity contribution in [1.29, 1.82) is 0 Å². The van der Waals surface area contributed by atoms with Crippen LogP contribution in [-0.4, -0.2) is 61.7 Å². The van der Waals surface area contributed by atoms with Crippen LogP contribution < -0.4 is 30.0 Å². The van der Waals surface area contributed by atoms with E-state index in [1.165, 1.54) is 57.6 Å². The molecular weight excluding hydrogens is 947 g/mol. The zero-order valence-electron chi connectivity index (χ0n) is 47.4. The molecule has 0 aliphatic carbocycles. The molecule has 4 unspecified atom stereocenters. The molecule has 1 aromatic carbocycles. The molecule has 2 aromatic heterocycles. The third-order valence-corrected chi connectivity index (χ3v) is 15.6. The molecule has 0 saturated carbocycles. The van der Waals surface area contributed by atoms with E-state index in [0.717, 1.165) is 92.8 Å². The number of nitrogens with one attached hydrogen (secondary N) is 3. The molecule has 12 heteroatoms. The summed E-state index contributed by atoms with van der Waals surface area (Å²) >= 11 is 0. The maximum Gasteiger partial charge on any atom is 2.00 e. The quantitative estimate of drug-likeness (QED) is 0.0501. The maximum absolute atomic E-state index is 14.7. The van der Waals surface area contributed by atoms with E-state index in [-0.39, 0.29) is 72.8 Å². The number of carbonyl (C=O) groups is 3. The zero-order chi connectivity index (χ0) is 53.6. The van der Waals surface area contributed by atoms with Gasteiger partial charge in [-0.05, 0) is 125 Å². The van der Waals surface area contributed by atoms with Crippen LogP contribution >= 0.6 is 0 Å². The summed E-state index contributed by atoms with van der Waals surface area (Å²) in [5, 5.41) is 3.15. The van der Waals surface area contributed by atoms with Crippen molar-refractivity contribution < 1.29 is 38.6 Å². The summed E-state index contributed by atoms with van der Waals surface area (Å²) in [6.45, 7) is 26.5. The van der Waals surface area contributed by atoms with Gasteiger partial charge in [0, 0.05) is 29.7 Å². The second-order valence-corrected chi connectivity index (χ2v) is 21.6. The van der Waals surface area contributed by atoms with Crippen LogP contribution in [0.1, 0.15) is 201 Å². The number of aryl methyl sites for hydroxylation is 2. The van der Waals surface area contributed by atoms with Gasteiger partial charge in [-0.25, -0.2) is 9.97 Å². The molecule has 3 N–H and O–H groups in total. The predicted octanol–water partition coefficient (Wildman–Crippen LogP) is 12.3. The summed E-state index contributed by atoms with van der Waals surface area (Å²) in [7, 11) is 2.98. The first-order chi connectivity index (χ1) is 35.5. The van der Waals surface area contributed by atoms with Crippen molar-refractivity contribution in [2.45, 2.75) is 171 Å². The van der Waals surface area contributed by atoms with Crippen LogP contribution in [0.3, 0.4) is 0 Å². The van der Waals surface area contributed by atoms with Crippen molar-refractivity contribution in [3.8, 4) is 5.75 Å². The average molecular weight is 1030 g/mol. The van der Waals surface area contributed by atoms with Gasteiger partial charge in [-0.3, -0.25) is 14.4 Å². The first kappa shape index (κ1) is 60.4. The number of amides is 1. The Morgan fingerprint density at radius 3 is 2.09 bits per heavy atom. The molecule has 0 fully saturated rings. The molecule has 5 heterocycles. The summed E-state index contributed by atoms with van der Waals surface area (Å²) in [6, 6.07) is 13.7. The molecule has 1 amide bonds. The monoisotopic (exact) mass is 1030 g/mol. The largest absolute Gasteiger partial charge is 2.00 e. The van der Waals surface area contributed by atoms with Gasteiger partial charge in [0.1, 0.15) is 17.9 Å². The zero-order valence-corrected chi connectivity index (χ0v) is 48.9. The Hall–Kier alpha value is -5.46. The molecule has 3 aromatic rings. The minimum atomic E-state index is -0.487. The molecule has 11 nitrogen and oxygen atoms in total. The number of carbonyl (C=O) groups excluding carboxylic acids is 3. The van der Waals surface area contributed by atoms with Crippen LogP contribution in [0.5, 0.6) is 5.75 Å². The van der Waals surface area contributed by atoms with Crippen molar-refractivity contribution in [3.05, 3.63) is 123 Å². The molecule has 0 spiro atoms. The number of hydrogen-bond donors (Lipinski definition) is 1. The van der Waals surface area contributed by atoms with Crippen molar-refractivity contribution in [2.24, 2.45) is 17.8 Å².